The highest BCUT2D eigenvalue weighted by molar-refractivity contribution is 5.46. The van der Waals surface area contributed by atoms with Crippen LogP contribution < -0.4 is 10.6 Å². The molecular formula is C13H23N3O. The average Bonchev–Trinajstić information content (AvgIpc) is 2.31. The zero-order chi connectivity index (χ0) is 12.5. The number of pyridine rings is 1. The fraction of sp³-hybridized carbons (Fsp3) is 0.615. The van der Waals surface area contributed by atoms with Gasteiger partial charge in [0.2, 0.25) is 0 Å². The van der Waals surface area contributed by atoms with E-state index in [2.05, 4.69) is 36.4 Å². The second-order valence-electron chi connectivity index (χ2n) is 4.16. The van der Waals surface area contributed by atoms with Crippen molar-refractivity contribution in [1.29, 1.82) is 0 Å². The zero-order valence-corrected chi connectivity index (χ0v) is 11.0. The molecule has 0 atom stereocenters. The lowest BCUT2D eigenvalue weighted by atomic mass is 10.4. The zero-order valence-electron chi connectivity index (χ0n) is 11.0. The maximum atomic E-state index is 5.46. The quantitative estimate of drug-likeness (QED) is 0.682. The Morgan fingerprint density at radius 1 is 1.29 bits per heavy atom. The first-order chi connectivity index (χ1) is 8.22. The molecule has 4 heteroatoms. The molecule has 1 aromatic heterocycles. The molecule has 0 aliphatic rings. The van der Waals surface area contributed by atoms with Gasteiger partial charge in [0.1, 0.15) is 5.82 Å². The molecule has 0 saturated carbocycles. The summed E-state index contributed by atoms with van der Waals surface area (Å²) in [5.41, 5.74) is 1.06. The molecule has 17 heavy (non-hydrogen) atoms. The summed E-state index contributed by atoms with van der Waals surface area (Å²) in [4.78, 5) is 4.32. The number of nitrogens with one attached hydrogen (secondary N) is 2. The number of hydrogen-bond donors (Lipinski definition) is 2. The predicted octanol–water partition coefficient (Wildman–Crippen LogP) is 2.74. The van der Waals surface area contributed by atoms with Gasteiger partial charge < -0.3 is 15.4 Å². The van der Waals surface area contributed by atoms with Crippen LogP contribution in [0.5, 0.6) is 0 Å². The van der Waals surface area contributed by atoms with Gasteiger partial charge in [0.15, 0.2) is 0 Å². The van der Waals surface area contributed by atoms with E-state index in [1.807, 2.05) is 18.3 Å². The van der Waals surface area contributed by atoms with Crippen molar-refractivity contribution < 1.29 is 4.74 Å². The number of nitrogens with zero attached hydrogens (tertiary/aromatic N) is 1. The third-order valence-corrected chi connectivity index (χ3v) is 2.22. The van der Waals surface area contributed by atoms with Crippen molar-refractivity contribution >= 4 is 11.5 Å². The predicted molar refractivity (Wildman–Crippen MR) is 72.6 cm³/mol. The van der Waals surface area contributed by atoms with Gasteiger partial charge >= 0.3 is 0 Å². The van der Waals surface area contributed by atoms with Crippen molar-refractivity contribution in [3.05, 3.63) is 18.3 Å². The topological polar surface area (TPSA) is 46.2 Å². The normalized spacial score (nSPS) is 10.6. The van der Waals surface area contributed by atoms with Gasteiger partial charge in [0.25, 0.3) is 0 Å². The van der Waals surface area contributed by atoms with Crippen molar-refractivity contribution in [2.45, 2.75) is 33.3 Å². The molecule has 0 bridgehead atoms. The molecule has 0 aromatic carbocycles. The van der Waals surface area contributed by atoms with Gasteiger partial charge in [-0.25, -0.2) is 4.98 Å². The van der Waals surface area contributed by atoms with Gasteiger partial charge in [0.05, 0.1) is 18.0 Å². The summed E-state index contributed by atoms with van der Waals surface area (Å²) in [6, 6.07) is 4.02. The molecule has 0 fully saturated rings. The number of ether oxygens (including phenoxy) is 1. The molecule has 0 aliphatic carbocycles. The first-order valence-electron chi connectivity index (χ1n) is 6.27. The summed E-state index contributed by atoms with van der Waals surface area (Å²) in [6.07, 6.45) is 3.15. The van der Waals surface area contributed by atoms with Crippen LogP contribution in [0.2, 0.25) is 0 Å². The SMILES string of the molecule is CCNc1ccc(NCCCOC(C)C)nc1. The fourth-order valence-electron chi connectivity index (χ4n) is 1.41. The van der Waals surface area contributed by atoms with Gasteiger partial charge in [-0.2, -0.15) is 0 Å². The van der Waals surface area contributed by atoms with E-state index >= 15 is 0 Å². The summed E-state index contributed by atoms with van der Waals surface area (Å²) >= 11 is 0. The number of aromatic nitrogens is 1. The summed E-state index contributed by atoms with van der Waals surface area (Å²) in [7, 11) is 0. The van der Waals surface area contributed by atoms with Crippen molar-refractivity contribution in [2.75, 3.05) is 30.3 Å². The second kappa shape index (κ2) is 7.90. The molecule has 0 spiro atoms. The number of rotatable bonds is 8. The van der Waals surface area contributed by atoms with Crippen LogP contribution in [0.15, 0.2) is 18.3 Å². The van der Waals surface area contributed by atoms with Crippen LogP contribution in [0.3, 0.4) is 0 Å². The van der Waals surface area contributed by atoms with Gasteiger partial charge in [-0.3, -0.25) is 0 Å². The third kappa shape index (κ3) is 6.12. The molecule has 0 aliphatic heterocycles. The first kappa shape index (κ1) is 13.8. The molecular weight excluding hydrogens is 214 g/mol. The Hall–Kier alpha value is -1.29. The monoisotopic (exact) mass is 237 g/mol. The molecule has 0 amide bonds. The Morgan fingerprint density at radius 3 is 2.71 bits per heavy atom. The highest BCUT2D eigenvalue weighted by atomic mass is 16.5. The lowest BCUT2D eigenvalue weighted by molar-refractivity contribution is 0.0787. The summed E-state index contributed by atoms with van der Waals surface area (Å²) in [5, 5.41) is 6.48. The van der Waals surface area contributed by atoms with Gasteiger partial charge in [-0.05, 0) is 39.3 Å². The highest BCUT2D eigenvalue weighted by Crippen LogP contribution is 2.09. The molecule has 1 aromatic rings. The van der Waals surface area contributed by atoms with Crippen molar-refractivity contribution in [3.8, 4) is 0 Å². The Kier molecular flexibility index (Phi) is 6.40. The van der Waals surface area contributed by atoms with Crippen LogP contribution in [0.1, 0.15) is 27.2 Å². The molecule has 1 rings (SSSR count). The molecule has 96 valence electrons. The lowest BCUT2D eigenvalue weighted by Crippen LogP contribution is -2.10. The lowest BCUT2D eigenvalue weighted by Gasteiger charge is -2.09. The Morgan fingerprint density at radius 2 is 2.12 bits per heavy atom. The molecule has 1 heterocycles. The number of hydrogen-bond acceptors (Lipinski definition) is 4. The van der Waals surface area contributed by atoms with Gasteiger partial charge in [0, 0.05) is 19.7 Å². The highest BCUT2D eigenvalue weighted by Gasteiger charge is 1.96. The minimum Gasteiger partial charge on any atom is -0.384 e. The standard InChI is InChI=1S/C13H23N3O/c1-4-14-12-6-7-13(16-10-12)15-8-5-9-17-11(2)3/h6-7,10-11,14H,4-5,8-9H2,1-3H3,(H,15,16). The maximum Gasteiger partial charge on any atom is 0.126 e. The van der Waals surface area contributed by atoms with Crippen LogP contribution in [-0.2, 0) is 4.74 Å². The van der Waals surface area contributed by atoms with Crippen LogP contribution in [0, 0.1) is 0 Å². The van der Waals surface area contributed by atoms with E-state index in [4.69, 9.17) is 4.74 Å². The summed E-state index contributed by atoms with van der Waals surface area (Å²) in [5.74, 6) is 0.913. The Labute approximate surface area is 104 Å². The van der Waals surface area contributed by atoms with Crippen LogP contribution in [0.4, 0.5) is 11.5 Å². The van der Waals surface area contributed by atoms with E-state index in [0.29, 0.717) is 6.10 Å². The molecule has 2 N–H and O–H groups in total. The van der Waals surface area contributed by atoms with E-state index in [9.17, 15) is 0 Å². The van der Waals surface area contributed by atoms with Gasteiger partial charge in [-0.1, -0.05) is 0 Å². The van der Waals surface area contributed by atoms with Crippen LogP contribution >= 0.6 is 0 Å². The summed E-state index contributed by atoms with van der Waals surface area (Å²) in [6.45, 7) is 8.77. The maximum absolute atomic E-state index is 5.46. The third-order valence-electron chi connectivity index (χ3n) is 2.22. The largest absolute Gasteiger partial charge is 0.384 e. The molecule has 0 radical (unpaired) electrons. The van der Waals surface area contributed by atoms with E-state index in [1.165, 1.54) is 0 Å². The smallest absolute Gasteiger partial charge is 0.126 e. The average molecular weight is 237 g/mol. The van der Waals surface area contributed by atoms with Crippen LogP contribution in [-0.4, -0.2) is 30.8 Å². The van der Waals surface area contributed by atoms with Crippen molar-refractivity contribution in [1.82, 2.24) is 4.98 Å². The molecule has 4 nitrogen and oxygen atoms in total. The number of anilines is 2. The van der Waals surface area contributed by atoms with Crippen LogP contribution in [0.25, 0.3) is 0 Å². The summed E-state index contributed by atoms with van der Waals surface area (Å²) < 4.78 is 5.46. The van der Waals surface area contributed by atoms with Gasteiger partial charge in [-0.15, -0.1) is 0 Å². The Bertz CT molecular complexity index is 298. The Balaban J connectivity index is 2.18. The van der Waals surface area contributed by atoms with E-state index in [0.717, 1.165) is 37.6 Å². The second-order valence-corrected chi connectivity index (χ2v) is 4.16. The van der Waals surface area contributed by atoms with E-state index in [1.54, 1.807) is 0 Å². The van der Waals surface area contributed by atoms with E-state index < -0.39 is 0 Å². The minimum absolute atomic E-state index is 0.313. The molecule has 0 saturated heterocycles. The first-order valence-corrected chi connectivity index (χ1v) is 6.27. The molecule has 0 unspecified atom stereocenters. The van der Waals surface area contributed by atoms with Crippen molar-refractivity contribution in [2.24, 2.45) is 0 Å². The van der Waals surface area contributed by atoms with E-state index in [-0.39, 0.29) is 0 Å². The fourth-order valence-corrected chi connectivity index (χ4v) is 1.41. The minimum atomic E-state index is 0.313. The van der Waals surface area contributed by atoms with Crippen molar-refractivity contribution in [3.63, 3.8) is 0 Å².